The minimum absolute atomic E-state index is 0.626. The minimum atomic E-state index is 0.626. The van der Waals surface area contributed by atoms with Crippen molar-refractivity contribution in [2.45, 2.75) is 181 Å². The number of hydrogen-bond acceptors (Lipinski definition) is 0. The number of rotatable bonds is 3. The third-order valence-corrected chi connectivity index (χ3v) is 19.1. The average molecular weight is 615 g/mol. The molecule has 0 spiro atoms. The Kier molecular flexibility index (Phi) is 8.76. The van der Waals surface area contributed by atoms with Crippen LogP contribution in [-0.4, -0.2) is 0 Å². The van der Waals surface area contributed by atoms with Crippen molar-refractivity contribution in [2.75, 3.05) is 0 Å². The van der Waals surface area contributed by atoms with Crippen LogP contribution in [0.15, 0.2) is 0 Å². The maximum Gasteiger partial charge on any atom is -0.0292 e. The van der Waals surface area contributed by atoms with Crippen molar-refractivity contribution in [3.05, 3.63) is 0 Å². The Morgan fingerprint density at radius 3 is 1.24 bits per heavy atom. The summed E-state index contributed by atoms with van der Waals surface area (Å²) in [6.45, 7) is 5.51. The van der Waals surface area contributed by atoms with Gasteiger partial charge in [-0.15, -0.1) is 0 Å². The first-order valence-corrected chi connectivity index (χ1v) is 22.1. The summed E-state index contributed by atoms with van der Waals surface area (Å²) in [5.41, 5.74) is 0.626. The van der Waals surface area contributed by atoms with E-state index in [2.05, 4.69) is 13.8 Å². The van der Waals surface area contributed by atoms with E-state index >= 15 is 0 Å². The molecule has 16 atom stereocenters. The van der Waals surface area contributed by atoms with Crippen molar-refractivity contribution < 1.29 is 0 Å². The fraction of sp³-hybridized carbons (Fsp3) is 1.00. The van der Waals surface area contributed by atoms with Crippen LogP contribution in [0, 0.1) is 100 Å². The fourth-order valence-electron chi connectivity index (χ4n) is 17.6. The molecular formula is C45H74. The topological polar surface area (TPSA) is 0 Å². The van der Waals surface area contributed by atoms with E-state index in [0.29, 0.717) is 5.41 Å². The highest BCUT2D eigenvalue weighted by Crippen LogP contribution is 2.66. The van der Waals surface area contributed by atoms with Crippen molar-refractivity contribution in [2.24, 2.45) is 100 Å². The maximum absolute atomic E-state index is 2.75. The largest absolute Gasteiger partial charge is 0.0594 e. The third-order valence-electron chi connectivity index (χ3n) is 19.1. The Bertz CT molecular complexity index is 1010. The van der Waals surface area contributed by atoms with Crippen LogP contribution in [0.4, 0.5) is 0 Å². The summed E-state index contributed by atoms with van der Waals surface area (Å²) in [5, 5.41) is 0. The van der Waals surface area contributed by atoms with Crippen LogP contribution < -0.4 is 0 Å². The van der Waals surface area contributed by atoms with Gasteiger partial charge in [0, 0.05) is 0 Å². The molecule has 9 saturated carbocycles. The van der Waals surface area contributed by atoms with E-state index in [-0.39, 0.29) is 0 Å². The van der Waals surface area contributed by atoms with Gasteiger partial charge in [-0.3, -0.25) is 0 Å². The van der Waals surface area contributed by atoms with Crippen molar-refractivity contribution >= 4 is 0 Å². The van der Waals surface area contributed by atoms with Crippen LogP contribution >= 0.6 is 0 Å². The van der Waals surface area contributed by atoms with Crippen LogP contribution in [0.1, 0.15) is 181 Å². The van der Waals surface area contributed by atoms with Crippen LogP contribution in [-0.2, 0) is 0 Å². The van der Waals surface area contributed by atoms with Gasteiger partial charge in [-0.25, -0.2) is 0 Å². The van der Waals surface area contributed by atoms with Gasteiger partial charge in [-0.1, -0.05) is 84.5 Å². The minimum Gasteiger partial charge on any atom is -0.0594 e. The highest BCUT2D eigenvalue weighted by Gasteiger charge is 2.58. The first kappa shape index (κ1) is 31.0. The third kappa shape index (κ3) is 5.30. The monoisotopic (exact) mass is 615 g/mol. The van der Waals surface area contributed by atoms with E-state index in [0.717, 1.165) is 94.7 Å². The normalized spacial score (nSPS) is 54.5. The molecule has 0 heteroatoms. The molecule has 0 N–H and O–H groups in total. The van der Waals surface area contributed by atoms with Gasteiger partial charge in [0.2, 0.25) is 0 Å². The number of fused-ring (bicyclic) bond motifs is 7. The molecule has 0 aromatic rings. The summed E-state index contributed by atoms with van der Waals surface area (Å²) < 4.78 is 0. The van der Waals surface area contributed by atoms with Gasteiger partial charge in [0.05, 0.1) is 0 Å². The Morgan fingerprint density at radius 1 is 0.267 bits per heavy atom. The molecule has 0 amide bonds. The van der Waals surface area contributed by atoms with Gasteiger partial charge in [0.25, 0.3) is 0 Å². The lowest BCUT2D eigenvalue weighted by Crippen LogP contribution is -2.50. The summed E-state index contributed by atoms with van der Waals surface area (Å²) in [6, 6.07) is 0. The average Bonchev–Trinajstić information content (AvgIpc) is 3.33. The smallest absolute Gasteiger partial charge is 0.0292 e. The van der Waals surface area contributed by atoms with Crippen LogP contribution in [0.3, 0.4) is 0 Å². The molecule has 9 fully saturated rings. The molecule has 0 aromatic carbocycles. The van der Waals surface area contributed by atoms with Crippen molar-refractivity contribution in [1.82, 2.24) is 0 Å². The van der Waals surface area contributed by atoms with Gasteiger partial charge in [0.1, 0.15) is 0 Å². The molecule has 254 valence electrons. The molecule has 0 radical (unpaired) electrons. The van der Waals surface area contributed by atoms with E-state index in [9.17, 15) is 0 Å². The molecule has 16 unspecified atom stereocenters. The fourth-order valence-corrected chi connectivity index (χ4v) is 17.6. The summed E-state index contributed by atoms with van der Waals surface area (Å²) in [6.07, 6.45) is 41.7. The molecule has 0 nitrogen and oxygen atoms in total. The van der Waals surface area contributed by atoms with Crippen LogP contribution in [0.5, 0.6) is 0 Å². The summed E-state index contributed by atoms with van der Waals surface area (Å²) in [7, 11) is 0. The standard InChI is InChI=1S/C45H74/c1-45(2)43-22-12-11-21-40(43)41-24-23-30(28-44(41)45)32-25-26-39(35-17-7-5-16-34(32)35)36-18-8-10-20-38(36)42-27-29-13-3-4-14-31(29)33-15-6-9-19-37(33)42/h29-44H,3-28H2,1-2H3. The van der Waals surface area contributed by atoms with E-state index in [4.69, 9.17) is 0 Å². The molecule has 45 heavy (non-hydrogen) atoms. The zero-order valence-corrected chi connectivity index (χ0v) is 30.1. The second-order valence-electron chi connectivity index (χ2n) is 20.6. The van der Waals surface area contributed by atoms with Gasteiger partial charge in [-0.2, -0.15) is 0 Å². The molecule has 0 saturated heterocycles. The highest BCUT2D eigenvalue weighted by atomic mass is 14.6. The molecule has 0 aromatic heterocycles. The second-order valence-corrected chi connectivity index (χ2v) is 20.6. The molecule has 0 heterocycles. The van der Waals surface area contributed by atoms with Crippen molar-refractivity contribution in [3.63, 3.8) is 0 Å². The lowest BCUT2D eigenvalue weighted by atomic mass is 9.47. The molecule has 9 aliphatic rings. The van der Waals surface area contributed by atoms with Crippen LogP contribution in [0.2, 0.25) is 0 Å². The predicted octanol–water partition coefficient (Wildman–Crippen LogP) is 13.1. The van der Waals surface area contributed by atoms with E-state index < -0.39 is 0 Å². The Balaban J connectivity index is 0.941. The first-order valence-electron chi connectivity index (χ1n) is 22.1. The van der Waals surface area contributed by atoms with Crippen molar-refractivity contribution in [1.29, 1.82) is 0 Å². The zero-order valence-electron chi connectivity index (χ0n) is 30.1. The van der Waals surface area contributed by atoms with Gasteiger partial charge < -0.3 is 0 Å². The maximum atomic E-state index is 2.75. The SMILES string of the molecule is CC1(C)C2CCCCC2C2CCC(C3CCC(C4CCCCC4C4CC5CCCCC5C5CCCCC54)C4CCCCC34)CC21. The molecule has 0 aliphatic heterocycles. The first-order chi connectivity index (χ1) is 22.1. The lowest BCUT2D eigenvalue weighted by Gasteiger charge is -2.58. The van der Waals surface area contributed by atoms with Gasteiger partial charge in [0.15, 0.2) is 0 Å². The zero-order chi connectivity index (χ0) is 30.1. The van der Waals surface area contributed by atoms with Gasteiger partial charge >= 0.3 is 0 Å². The van der Waals surface area contributed by atoms with E-state index in [1.807, 2.05) is 0 Å². The lowest BCUT2D eigenvalue weighted by molar-refractivity contribution is -0.0862. The molecule has 0 bridgehead atoms. The summed E-state index contributed by atoms with van der Waals surface area (Å²) >= 11 is 0. The second kappa shape index (κ2) is 12.7. The highest BCUT2D eigenvalue weighted by molar-refractivity contribution is 5.07. The summed E-state index contributed by atoms with van der Waals surface area (Å²) in [5.74, 6) is 17.8. The van der Waals surface area contributed by atoms with Crippen molar-refractivity contribution in [3.8, 4) is 0 Å². The van der Waals surface area contributed by atoms with E-state index in [1.54, 1.807) is 161 Å². The molecule has 9 aliphatic carbocycles. The Hall–Kier alpha value is 0. The Labute approximate surface area is 280 Å². The van der Waals surface area contributed by atoms with E-state index in [1.165, 1.54) is 6.42 Å². The molecular weight excluding hydrogens is 540 g/mol. The van der Waals surface area contributed by atoms with Gasteiger partial charge in [-0.05, 0) is 196 Å². The quantitative estimate of drug-likeness (QED) is 0.297. The Morgan fingerprint density at radius 2 is 0.622 bits per heavy atom. The van der Waals surface area contributed by atoms with Crippen LogP contribution in [0.25, 0.3) is 0 Å². The molecule has 9 rings (SSSR count). The predicted molar refractivity (Wildman–Crippen MR) is 190 cm³/mol. The number of hydrogen-bond donors (Lipinski definition) is 0. The summed E-state index contributed by atoms with van der Waals surface area (Å²) in [4.78, 5) is 0.